The fourth-order valence-electron chi connectivity index (χ4n) is 3.79. The molecule has 3 aliphatic heterocycles. The minimum absolute atomic E-state index is 0.210. The maximum Gasteiger partial charge on any atom is 0.270 e. The van der Waals surface area contributed by atoms with Gasteiger partial charge >= 0.3 is 0 Å². The predicted molar refractivity (Wildman–Crippen MR) is 104 cm³/mol. The van der Waals surface area contributed by atoms with Gasteiger partial charge in [0.2, 0.25) is 0 Å². The van der Waals surface area contributed by atoms with E-state index in [1.807, 2.05) is 0 Å². The van der Waals surface area contributed by atoms with E-state index >= 15 is 0 Å². The Morgan fingerprint density at radius 2 is 1.83 bits per heavy atom. The molecule has 2 amide bonds. The molecular formula is C21H18N2O7. The largest absolute Gasteiger partial charge is 0.493 e. The smallest absolute Gasteiger partial charge is 0.270 e. The van der Waals surface area contributed by atoms with Crippen molar-refractivity contribution in [2.24, 2.45) is 0 Å². The Morgan fingerprint density at radius 1 is 1.03 bits per heavy atom. The van der Waals surface area contributed by atoms with Gasteiger partial charge in [-0.1, -0.05) is 6.07 Å². The number of rotatable bonds is 4. The quantitative estimate of drug-likeness (QED) is 0.761. The number of hydrogen-bond acceptors (Lipinski definition) is 8. The molecule has 0 aliphatic carbocycles. The van der Waals surface area contributed by atoms with Gasteiger partial charge in [0.25, 0.3) is 11.8 Å². The molecule has 2 aromatic carbocycles. The molecule has 1 saturated heterocycles. The van der Waals surface area contributed by atoms with Crippen LogP contribution in [0.3, 0.4) is 0 Å². The first-order valence-electron chi connectivity index (χ1n) is 9.29. The fraction of sp³-hybridized carbons (Fsp3) is 0.238. The van der Waals surface area contributed by atoms with Crippen LogP contribution in [0.15, 0.2) is 42.0 Å². The molecule has 3 heterocycles. The molecule has 1 N–H and O–H groups in total. The van der Waals surface area contributed by atoms with E-state index in [1.54, 1.807) is 36.4 Å². The summed E-state index contributed by atoms with van der Waals surface area (Å²) in [5.41, 5.74) is 4.23. The fourth-order valence-corrected chi connectivity index (χ4v) is 3.79. The molecular weight excluding hydrogens is 392 g/mol. The van der Waals surface area contributed by atoms with E-state index in [0.717, 1.165) is 4.90 Å². The summed E-state index contributed by atoms with van der Waals surface area (Å²) in [6.07, 6.45) is -1.06. The average molecular weight is 410 g/mol. The highest BCUT2D eigenvalue weighted by Gasteiger charge is 2.51. The van der Waals surface area contributed by atoms with Crippen molar-refractivity contribution >= 4 is 23.2 Å². The van der Waals surface area contributed by atoms with Gasteiger partial charge in [-0.15, -0.1) is 0 Å². The summed E-state index contributed by atoms with van der Waals surface area (Å²) >= 11 is 0. The van der Waals surface area contributed by atoms with Crippen LogP contribution >= 0.6 is 0 Å². The van der Waals surface area contributed by atoms with E-state index in [1.165, 1.54) is 14.2 Å². The number of fused-ring (bicyclic) bond motifs is 2. The van der Waals surface area contributed by atoms with E-state index in [2.05, 4.69) is 5.48 Å². The molecule has 1 fully saturated rings. The summed E-state index contributed by atoms with van der Waals surface area (Å²) in [5.74, 6) is 1.01. The maximum atomic E-state index is 13.3. The third kappa shape index (κ3) is 2.59. The normalized spacial score (nSPS) is 19.7. The summed E-state index contributed by atoms with van der Waals surface area (Å²) < 4.78 is 21.9. The van der Waals surface area contributed by atoms with Crippen LogP contribution in [0, 0.1) is 0 Å². The predicted octanol–water partition coefficient (Wildman–Crippen LogP) is 1.66. The van der Waals surface area contributed by atoms with E-state index < -0.39 is 17.9 Å². The Morgan fingerprint density at radius 3 is 2.60 bits per heavy atom. The van der Waals surface area contributed by atoms with Crippen molar-refractivity contribution in [3.05, 3.63) is 47.5 Å². The highest BCUT2D eigenvalue weighted by molar-refractivity contribution is 6.33. The first-order valence-corrected chi connectivity index (χ1v) is 9.29. The van der Waals surface area contributed by atoms with Gasteiger partial charge in [-0.25, -0.2) is 4.90 Å². The summed E-state index contributed by atoms with van der Waals surface area (Å²) in [6, 6.07) is 10.2. The second-order valence-corrected chi connectivity index (χ2v) is 6.74. The first-order chi connectivity index (χ1) is 14.6. The summed E-state index contributed by atoms with van der Waals surface area (Å²) in [6.45, 7) is 0.854. The lowest BCUT2D eigenvalue weighted by molar-refractivity contribution is -0.127. The van der Waals surface area contributed by atoms with Crippen molar-refractivity contribution < 1.29 is 33.4 Å². The number of hydroxylamine groups is 1. The number of amides is 2. The SMILES string of the molecule is COc1cccc(C2=C3C(=O)N(c4ccc5c(c4)OCCO5)C(=O)[C@H]3ON2)c1OC. The summed E-state index contributed by atoms with van der Waals surface area (Å²) in [4.78, 5) is 32.8. The Hall–Kier alpha value is -3.72. The number of benzene rings is 2. The number of carbonyl (C=O) groups is 2. The van der Waals surface area contributed by atoms with Crippen LogP contribution in [0.4, 0.5) is 5.69 Å². The zero-order valence-electron chi connectivity index (χ0n) is 16.3. The lowest BCUT2D eigenvalue weighted by Gasteiger charge is -2.21. The van der Waals surface area contributed by atoms with E-state index in [4.69, 9.17) is 23.8 Å². The number of methoxy groups -OCH3 is 2. The Bertz CT molecular complexity index is 1090. The van der Waals surface area contributed by atoms with Crippen LogP contribution in [0.5, 0.6) is 23.0 Å². The second-order valence-electron chi connectivity index (χ2n) is 6.74. The molecule has 3 aliphatic rings. The zero-order valence-corrected chi connectivity index (χ0v) is 16.3. The van der Waals surface area contributed by atoms with Crippen LogP contribution in [-0.2, 0) is 14.4 Å². The second kappa shape index (κ2) is 6.96. The van der Waals surface area contributed by atoms with Gasteiger partial charge in [-0.2, -0.15) is 0 Å². The van der Waals surface area contributed by atoms with Crippen LogP contribution in [0.25, 0.3) is 5.70 Å². The molecule has 30 heavy (non-hydrogen) atoms. The first kappa shape index (κ1) is 18.3. The van der Waals surface area contributed by atoms with Crippen LogP contribution < -0.4 is 29.3 Å². The molecule has 1 atom stereocenters. The number of para-hydroxylation sites is 1. The molecule has 0 bridgehead atoms. The third-order valence-corrected chi connectivity index (χ3v) is 5.14. The van der Waals surface area contributed by atoms with E-state index in [0.29, 0.717) is 53.2 Å². The van der Waals surface area contributed by atoms with Crippen LogP contribution in [-0.4, -0.2) is 45.4 Å². The molecule has 0 radical (unpaired) electrons. The number of nitrogens with zero attached hydrogens (tertiary/aromatic N) is 1. The number of nitrogens with one attached hydrogen (secondary N) is 1. The molecule has 154 valence electrons. The molecule has 0 saturated carbocycles. The third-order valence-electron chi connectivity index (χ3n) is 5.14. The Labute approximate surface area is 171 Å². The van der Waals surface area contributed by atoms with Gasteiger partial charge in [0.05, 0.1) is 31.2 Å². The topological polar surface area (TPSA) is 95.6 Å². The van der Waals surface area contributed by atoms with Crippen LogP contribution in [0.1, 0.15) is 5.56 Å². The van der Waals surface area contributed by atoms with Crippen molar-refractivity contribution in [3.8, 4) is 23.0 Å². The summed E-state index contributed by atoms with van der Waals surface area (Å²) in [7, 11) is 3.03. The number of hydrogen-bond donors (Lipinski definition) is 1. The lowest BCUT2D eigenvalue weighted by Crippen LogP contribution is -2.34. The zero-order chi connectivity index (χ0) is 20.8. The molecule has 9 nitrogen and oxygen atoms in total. The highest BCUT2D eigenvalue weighted by Crippen LogP contribution is 2.42. The van der Waals surface area contributed by atoms with E-state index in [-0.39, 0.29) is 5.57 Å². The van der Waals surface area contributed by atoms with Crippen molar-refractivity contribution in [1.29, 1.82) is 0 Å². The lowest BCUT2D eigenvalue weighted by atomic mass is 10.0. The van der Waals surface area contributed by atoms with E-state index in [9.17, 15) is 9.59 Å². The molecule has 0 unspecified atom stereocenters. The molecule has 0 aromatic heterocycles. The van der Waals surface area contributed by atoms with Gasteiger partial charge in [0.1, 0.15) is 13.2 Å². The van der Waals surface area contributed by atoms with Gasteiger partial charge in [-0.3, -0.25) is 19.9 Å². The van der Waals surface area contributed by atoms with Crippen molar-refractivity contribution in [2.75, 3.05) is 32.3 Å². The highest BCUT2D eigenvalue weighted by atomic mass is 16.7. The minimum atomic E-state index is -1.06. The van der Waals surface area contributed by atoms with Gasteiger partial charge in [-0.05, 0) is 24.3 Å². The van der Waals surface area contributed by atoms with Gasteiger partial charge in [0.15, 0.2) is 29.1 Å². The number of ether oxygens (including phenoxy) is 4. The number of carbonyl (C=O) groups excluding carboxylic acids is 2. The van der Waals surface area contributed by atoms with Gasteiger partial charge < -0.3 is 18.9 Å². The monoisotopic (exact) mass is 410 g/mol. The molecule has 9 heteroatoms. The maximum absolute atomic E-state index is 13.3. The van der Waals surface area contributed by atoms with Crippen molar-refractivity contribution in [2.45, 2.75) is 6.10 Å². The summed E-state index contributed by atoms with van der Waals surface area (Å²) in [5, 5.41) is 0. The van der Waals surface area contributed by atoms with Crippen molar-refractivity contribution in [1.82, 2.24) is 5.48 Å². The molecule has 5 rings (SSSR count). The Kier molecular flexibility index (Phi) is 4.25. The standard InChI is InChI=1S/C21H18N2O7/c1-26-14-5-3-4-12(18(14)27-2)17-16-19(30-22-17)21(25)23(20(16)24)11-6-7-13-15(10-11)29-9-8-28-13/h3-7,10,19,22H,8-9H2,1-2H3/t19-/m0/s1. The molecule has 0 spiro atoms. The van der Waals surface area contributed by atoms with Gasteiger partial charge in [0, 0.05) is 11.6 Å². The minimum Gasteiger partial charge on any atom is -0.493 e. The Balaban J connectivity index is 1.58. The number of anilines is 1. The van der Waals surface area contributed by atoms with Crippen LogP contribution in [0.2, 0.25) is 0 Å². The average Bonchev–Trinajstić information content (AvgIpc) is 3.32. The number of imide groups is 1. The van der Waals surface area contributed by atoms with Crippen molar-refractivity contribution in [3.63, 3.8) is 0 Å². The molecule has 2 aromatic rings.